The number of aliphatic carboxylic acids is 1. The van der Waals surface area contributed by atoms with E-state index in [-0.39, 0.29) is 5.92 Å². The summed E-state index contributed by atoms with van der Waals surface area (Å²) in [6.07, 6.45) is 3.29. The molecule has 0 aliphatic carbocycles. The van der Waals surface area contributed by atoms with Crippen LogP contribution in [0.2, 0.25) is 0 Å². The van der Waals surface area contributed by atoms with Crippen LogP contribution in [-0.4, -0.2) is 34.1 Å². The van der Waals surface area contributed by atoms with Gasteiger partial charge in [-0.25, -0.2) is 9.97 Å². The molecule has 1 fully saturated rings. The zero-order valence-corrected chi connectivity index (χ0v) is 14.0. The van der Waals surface area contributed by atoms with Crippen molar-refractivity contribution in [2.45, 2.75) is 32.6 Å². The predicted octanol–water partition coefficient (Wildman–Crippen LogP) is 3.40. The highest BCUT2D eigenvalue weighted by atomic mass is 16.4. The third-order valence-corrected chi connectivity index (χ3v) is 4.47. The van der Waals surface area contributed by atoms with Crippen LogP contribution in [0, 0.1) is 5.92 Å². The van der Waals surface area contributed by atoms with Gasteiger partial charge in [-0.1, -0.05) is 43.7 Å². The Hall–Kier alpha value is -2.43. The van der Waals surface area contributed by atoms with Gasteiger partial charge in [-0.3, -0.25) is 4.79 Å². The minimum atomic E-state index is -0.686. The Morgan fingerprint density at radius 3 is 2.54 bits per heavy atom. The van der Waals surface area contributed by atoms with Crippen molar-refractivity contribution in [3.8, 4) is 11.4 Å². The van der Waals surface area contributed by atoms with Gasteiger partial charge in [0.25, 0.3) is 0 Å². The fraction of sp³-hybridized carbons (Fsp3) is 0.421. The summed E-state index contributed by atoms with van der Waals surface area (Å²) in [5.74, 6) is 0.744. The maximum Gasteiger partial charge on any atom is 0.306 e. The molecule has 5 heteroatoms. The van der Waals surface area contributed by atoms with Crippen molar-refractivity contribution in [3.63, 3.8) is 0 Å². The average molecular weight is 325 g/mol. The van der Waals surface area contributed by atoms with Crippen LogP contribution >= 0.6 is 0 Å². The number of hydrogen-bond donors (Lipinski definition) is 1. The first-order chi connectivity index (χ1) is 11.7. The molecule has 2 heterocycles. The van der Waals surface area contributed by atoms with Crippen molar-refractivity contribution >= 4 is 11.8 Å². The summed E-state index contributed by atoms with van der Waals surface area (Å²) < 4.78 is 0. The number of aromatic nitrogens is 2. The Kier molecular flexibility index (Phi) is 5.08. The fourth-order valence-electron chi connectivity index (χ4n) is 3.10. The number of hydrogen-bond acceptors (Lipinski definition) is 4. The minimum absolute atomic E-state index is 0.230. The molecule has 1 aliphatic rings. The van der Waals surface area contributed by atoms with Crippen LogP contribution in [0.3, 0.4) is 0 Å². The Bertz CT molecular complexity index is 695. The van der Waals surface area contributed by atoms with E-state index < -0.39 is 5.97 Å². The van der Waals surface area contributed by atoms with E-state index in [0.29, 0.717) is 12.8 Å². The van der Waals surface area contributed by atoms with Crippen molar-refractivity contribution in [1.29, 1.82) is 0 Å². The molecule has 1 N–H and O–H groups in total. The third kappa shape index (κ3) is 3.72. The molecule has 1 aromatic heterocycles. The summed E-state index contributed by atoms with van der Waals surface area (Å²) in [6, 6.07) is 12.1. The van der Waals surface area contributed by atoms with E-state index in [0.717, 1.165) is 48.8 Å². The SMILES string of the molecule is CCCc1cc(N2CCC(C(=O)O)CC2)nc(-c2ccccc2)n1. The lowest BCUT2D eigenvalue weighted by Crippen LogP contribution is -2.37. The largest absolute Gasteiger partial charge is 0.481 e. The van der Waals surface area contributed by atoms with Gasteiger partial charge >= 0.3 is 5.97 Å². The van der Waals surface area contributed by atoms with Crippen molar-refractivity contribution < 1.29 is 9.90 Å². The molecule has 0 saturated carbocycles. The number of aryl methyl sites for hydroxylation is 1. The number of carboxylic acids is 1. The molecular weight excluding hydrogens is 302 g/mol. The van der Waals surface area contributed by atoms with Crippen LogP contribution < -0.4 is 4.90 Å². The lowest BCUT2D eigenvalue weighted by Gasteiger charge is -2.31. The van der Waals surface area contributed by atoms with Crippen molar-refractivity contribution in [3.05, 3.63) is 42.1 Å². The number of nitrogens with zero attached hydrogens (tertiary/aromatic N) is 3. The van der Waals surface area contributed by atoms with Crippen LogP contribution in [-0.2, 0) is 11.2 Å². The van der Waals surface area contributed by atoms with E-state index in [4.69, 9.17) is 15.1 Å². The monoisotopic (exact) mass is 325 g/mol. The van der Waals surface area contributed by atoms with Crippen LogP contribution in [0.15, 0.2) is 36.4 Å². The van der Waals surface area contributed by atoms with Gasteiger partial charge < -0.3 is 10.0 Å². The number of rotatable bonds is 5. The van der Waals surface area contributed by atoms with Crippen molar-refractivity contribution in [1.82, 2.24) is 9.97 Å². The van der Waals surface area contributed by atoms with E-state index >= 15 is 0 Å². The molecule has 0 atom stereocenters. The molecule has 0 radical (unpaired) electrons. The molecule has 3 rings (SSSR count). The lowest BCUT2D eigenvalue weighted by molar-refractivity contribution is -0.142. The maximum absolute atomic E-state index is 11.1. The summed E-state index contributed by atoms with van der Waals surface area (Å²) in [5, 5.41) is 9.16. The normalized spacial score (nSPS) is 15.5. The van der Waals surface area contributed by atoms with E-state index in [1.54, 1.807) is 0 Å². The van der Waals surface area contributed by atoms with Crippen LogP contribution in [0.4, 0.5) is 5.82 Å². The summed E-state index contributed by atoms with van der Waals surface area (Å²) in [5.41, 5.74) is 2.05. The molecule has 2 aromatic rings. The molecule has 0 spiro atoms. The van der Waals surface area contributed by atoms with Crippen LogP contribution in [0.1, 0.15) is 31.9 Å². The first kappa shape index (κ1) is 16.4. The van der Waals surface area contributed by atoms with Gasteiger partial charge in [0.05, 0.1) is 5.92 Å². The summed E-state index contributed by atoms with van der Waals surface area (Å²) >= 11 is 0. The van der Waals surface area contributed by atoms with E-state index in [2.05, 4.69) is 17.9 Å². The Balaban J connectivity index is 1.87. The second-order valence-electron chi connectivity index (χ2n) is 6.26. The highest BCUT2D eigenvalue weighted by Crippen LogP contribution is 2.25. The predicted molar refractivity (Wildman–Crippen MR) is 94.0 cm³/mol. The van der Waals surface area contributed by atoms with E-state index in [9.17, 15) is 4.79 Å². The van der Waals surface area contributed by atoms with Gasteiger partial charge in [0.1, 0.15) is 5.82 Å². The van der Waals surface area contributed by atoms with Gasteiger partial charge in [-0.15, -0.1) is 0 Å². The van der Waals surface area contributed by atoms with Gasteiger partial charge in [-0.2, -0.15) is 0 Å². The van der Waals surface area contributed by atoms with Crippen molar-refractivity contribution in [2.75, 3.05) is 18.0 Å². The number of benzene rings is 1. The second-order valence-corrected chi connectivity index (χ2v) is 6.26. The lowest BCUT2D eigenvalue weighted by atomic mass is 9.97. The smallest absolute Gasteiger partial charge is 0.306 e. The van der Waals surface area contributed by atoms with Gasteiger partial charge in [0.15, 0.2) is 5.82 Å². The zero-order valence-electron chi connectivity index (χ0n) is 14.0. The van der Waals surface area contributed by atoms with Crippen LogP contribution in [0.25, 0.3) is 11.4 Å². The molecule has 126 valence electrons. The highest BCUT2D eigenvalue weighted by molar-refractivity contribution is 5.70. The average Bonchev–Trinajstić information content (AvgIpc) is 2.62. The van der Waals surface area contributed by atoms with Gasteiger partial charge in [0.2, 0.25) is 0 Å². The quantitative estimate of drug-likeness (QED) is 0.912. The minimum Gasteiger partial charge on any atom is -0.481 e. The van der Waals surface area contributed by atoms with Crippen molar-refractivity contribution in [2.24, 2.45) is 5.92 Å². The second kappa shape index (κ2) is 7.43. The molecule has 1 aliphatic heterocycles. The Labute approximate surface area is 142 Å². The number of carboxylic acid groups (broad SMARTS) is 1. The number of piperidine rings is 1. The summed E-state index contributed by atoms with van der Waals surface area (Å²) in [6.45, 7) is 3.60. The molecule has 0 amide bonds. The summed E-state index contributed by atoms with van der Waals surface area (Å²) in [7, 11) is 0. The van der Waals surface area contributed by atoms with E-state index in [1.165, 1.54) is 0 Å². The zero-order chi connectivity index (χ0) is 16.9. The Morgan fingerprint density at radius 1 is 1.21 bits per heavy atom. The number of anilines is 1. The third-order valence-electron chi connectivity index (χ3n) is 4.47. The standard InChI is InChI=1S/C19H23N3O2/c1-2-6-16-13-17(22-11-9-15(10-12-22)19(23)24)21-18(20-16)14-7-4-3-5-8-14/h3-5,7-8,13,15H,2,6,9-12H2,1H3,(H,23,24). The molecule has 0 bridgehead atoms. The topological polar surface area (TPSA) is 66.3 Å². The molecule has 0 unspecified atom stereocenters. The molecule has 24 heavy (non-hydrogen) atoms. The maximum atomic E-state index is 11.1. The fourth-order valence-corrected chi connectivity index (χ4v) is 3.10. The van der Waals surface area contributed by atoms with Gasteiger partial charge in [0, 0.05) is 30.4 Å². The molecular formula is C19H23N3O2. The molecule has 5 nitrogen and oxygen atoms in total. The first-order valence-corrected chi connectivity index (χ1v) is 8.58. The first-order valence-electron chi connectivity index (χ1n) is 8.58. The Morgan fingerprint density at radius 2 is 1.92 bits per heavy atom. The molecule has 1 saturated heterocycles. The highest BCUT2D eigenvalue weighted by Gasteiger charge is 2.25. The van der Waals surface area contributed by atoms with E-state index in [1.807, 2.05) is 30.3 Å². The number of carbonyl (C=O) groups is 1. The molecule has 1 aromatic carbocycles. The van der Waals surface area contributed by atoms with Crippen LogP contribution in [0.5, 0.6) is 0 Å². The van der Waals surface area contributed by atoms with Gasteiger partial charge in [-0.05, 0) is 19.3 Å². The summed E-state index contributed by atoms with van der Waals surface area (Å²) in [4.78, 5) is 22.8.